The van der Waals surface area contributed by atoms with E-state index in [1.54, 1.807) is 6.20 Å². The molecule has 5 aromatic rings. The monoisotopic (exact) mass is 679 g/mol. The maximum Gasteiger partial charge on any atom is 0.493 e. The zero-order valence-electron chi connectivity index (χ0n) is 22.1. The van der Waals surface area contributed by atoms with Gasteiger partial charge in [-0.05, 0) is 36.6 Å². The molecule has 6 rings (SSSR count). The summed E-state index contributed by atoms with van der Waals surface area (Å²) in [6.07, 6.45) is 10.0. The summed E-state index contributed by atoms with van der Waals surface area (Å²) >= 11 is 0. The first-order valence-electron chi connectivity index (χ1n) is 12.6. The van der Waals surface area contributed by atoms with Crippen molar-refractivity contribution in [1.29, 1.82) is 0 Å². The molecule has 0 N–H and O–H groups in total. The first-order valence-corrected chi connectivity index (χ1v) is 12.6. The summed E-state index contributed by atoms with van der Waals surface area (Å²) in [4.78, 5) is 8.67. The Bertz CT molecular complexity index is 1680. The second-order valence-corrected chi connectivity index (χ2v) is 9.30. The van der Waals surface area contributed by atoms with Gasteiger partial charge in [-0.2, -0.15) is 6.07 Å². The van der Waals surface area contributed by atoms with E-state index in [0.29, 0.717) is 5.71 Å². The third kappa shape index (κ3) is 6.06. The first kappa shape index (κ1) is 27.3. The van der Waals surface area contributed by atoms with Gasteiger partial charge in [-0.1, -0.05) is 58.6 Å². The number of pyridine rings is 2. The summed E-state index contributed by atoms with van der Waals surface area (Å²) in [5.41, 5.74) is 8.19. The molecule has 0 unspecified atom stereocenters. The molecule has 0 spiro atoms. The molecule has 1 aliphatic rings. The van der Waals surface area contributed by atoms with Gasteiger partial charge >= 0.3 is 6.01 Å². The topological polar surface area (TPSA) is 44.9 Å². The minimum Gasteiger partial charge on any atom is -0.465 e. The number of rotatable bonds is 5. The predicted molar refractivity (Wildman–Crippen MR) is 147 cm³/mol. The molecule has 0 saturated heterocycles. The van der Waals surface area contributed by atoms with E-state index in [-0.39, 0.29) is 20.1 Å². The number of furan rings is 1. The molecule has 0 aliphatic carbocycles. The summed E-state index contributed by atoms with van der Waals surface area (Å²) in [6, 6.07) is 26.0. The second kappa shape index (κ2) is 12.2. The number of hydrogen-bond acceptors (Lipinski definition) is 3. The Balaban J connectivity index is 0.000000185. The fraction of sp³-hybridized carbons (Fsp3) is 0.219. The van der Waals surface area contributed by atoms with Crippen LogP contribution in [0.2, 0.25) is 0 Å². The normalized spacial score (nSPS) is 12.1. The number of benzene rings is 2. The van der Waals surface area contributed by atoms with Gasteiger partial charge in [0.15, 0.2) is 6.54 Å². The average molecular weight is 679 g/mol. The molecule has 3 aromatic heterocycles. The number of fused-ring (bicyclic) bond motifs is 3. The number of hydrogen-bond donors (Lipinski definition) is 0. The van der Waals surface area contributed by atoms with Crippen molar-refractivity contribution in [2.24, 2.45) is 0 Å². The molecule has 0 amide bonds. The fourth-order valence-corrected chi connectivity index (χ4v) is 4.05. The molecule has 5 nitrogen and oxygen atoms in total. The molecular formula is C32H30IrN4O. The molecular weight excluding hydrogens is 649 g/mol. The van der Waals surface area contributed by atoms with E-state index in [2.05, 4.69) is 78.6 Å². The van der Waals surface area contributed by atoms with Gasteiger partial charge in [0.05, 0.1) is 0 Å². The third-order valence-electron chi connectivity index (χ3n) is 6.43. The van der Waals surface area contributed by atoms with Gasteiger partial charge in [-0.3, -0.25) is 0 Å². The zero-order chi connectivity index (χ0) is 25.8. The van der Waals surface area contributed by atoms with Crippen LogP contribution in [0.25, 0.3) is 33.3 Å². The van der Waals surface area contributed by atoms with E-state index >= 15 is 0 Å². The first-order chi connectivity index (χ1) is 18.0. The van der Waals surface area contributed by atoms with Crippen LogP contribution < -0.4 is 0 Å². The molecule has 1 aliphatic heterocycles. The van der Waals surface area contributed by atoms with Crippen molar-refractivity contribution >= 4 is 33.8 Å². The largest absolute Gasteiger partial charge is 0.493 e. The van der Waals surface area contributed by atoms with Crippen molar-refractivity contribution < 1.29 is 33.7 Å². The van der Waals surface area contributed by atoms with E-state index in [0.717, 1.165) is 46.3 Å². The molecule has 193 valence electrons. The van der Waals surface area contributed by atoms with E-state index in [9.17, 15) is 0 Å². The standard InChI is InChI=1S/C18H16N3O.C14H14N.Ir/c1-2-3-9-20-10-11-21(13-20)14-6-7-15-16-5-4-8-19-18(16)22-17(15)12-14;1-10-4-6-13(7-5-10)14-8-11(2)12(3)9-15-14;/h4-5,7-8,10-12H,2-3,9H2,1H3;4-6,8-9H,1-3H3;/q+1;-1;. The molecule has 0 atom stereocenters. The van der Waals surface area contributed by atoms with E-state index in [1.807, 2.05) is 53.5 Å². The third-order valence-corrected chi connectivity index (χ3v) is 6.43. The summed E-state index contributed by atoms with van der Waals surface area (Å²) in [6.45, 7) is 9.42. The molecule has 6 heteroatoms. The number of aryl methyl sites for hydroxylation is 3. The molecule has 1 radical (unpaired) electrons. The Morgan fingerprint density at radius 3 is 2.58 bits per heavy atom. The van der Waals surface area contributed by atoms with Crippen molar-refractivity contribution in [2.75, 3.05) is 6.54 Å². The van der Waals surface area contributed by atoms with E-state index in [4.69, 9.17) is 4.42 Å². The van der Waals surface area contributed by atoms with Gasteiger partial charge in [0.25, 0.3) is 6.20 Å². The Hall–Kier alpha value is -3.69. The smallest absolute Gasteiger partial charge is 0.465 e. The summed E-state index contributed by atoms with van der Waals surface area (Å²) < 4.78 is 9.83. The van der Waals surface area contributed by atoms with Crippen molar-refractivity contribution in [3.63, 3.8) is 0 Å². The van der Waals surface area contributed by atoms with Crippen LogP contribution in [-0.2, 0) is 20.1 Å². The van der Waals surface area contributed by atoms with Crippen LogP contribution in [-0.4, -0.2) is 31.7 Å². The van der Waals surface area contributed by atoms with Crippen molar-refractivity contribution in [2.45, 2.75) is 40.5 Å². The molecule has 38 heavy (non-hydrogen) atoms. The molecule has 0 bridgehead atoms. The van der Waals surface area contributed by atoms with Crippen LogP contribution in [0.15, 0.2) is 77.7 Å². The van der Waals surface area contributed by atoms with Gasteiger partial charge in [0.1, 0.15) is 5.69 Å². The molecule has 0 fully saturated rings. The Kier molecular flexibility index (Phi) is 8.81. The van der Waals surface area contributed by atoms with Crippen LogP contribution in [0, 0.1) is 32.9 Å². The van der Waals surface area contributed by atoms with E-state index in [1.165, 1.54) is 23.1 Å². The predicted octanol–water partition coefficient (Wildman–Crippen LogP) is 7.37. The van der Waals surface area contributed by atoms with Gasteiger partial charge < -0.3 is 9.40 Å². The summed E-state index contributed by atoms with van der Waals surface area (Å²) in [5.74, 6) is 0. The van der Waals surface area contributed by atoms with Gasteiger partial charge in [-0.25, -0.2) is 4.98 Å². The second-order valence-electron chi connectivity index (χ2n) is 9.30. The minimum absolute atomic E-state index is 0. The fourth-order valence-electron chi connectivity index (χ4n) is 4.05. The van der Waals surface area contributed by atoms with Crippen molar-refractivity contribution in [1.82, 2.24) is 9.97 Å². The average Bonchev–Trinajstić information content (AvgIpc) is 3.54. The van der Waals surface area contributed by atoms with E-state index < -0.39 is 0 Å². The Labute approximate surface area is 237 Å². The number of nitrogens with zero attached hydrogens (tertiary/aromatic N) is 4. The van der Waals surface area contributed by atoms with Crippen LogP contribution in [0.5, 0.6) is 0 Å². The quantitative estimate of drug-likeness (QED) is 0.144. The van der Waals surface area contributed by atoms with Crippen LogP contribution in [0.3, 0.4) is 0 Å². The minimum atomic E-state index is 0. The van der Waals surface area contributed by atoms with Gasteiger partial charge in [-0.15, -0.1) is 41.5 Å². The molecule has 2 aromatic carbocycles. The van der Waals surface area contributed by atoms with Crippen LogP contribution >= 0.6 is 0 Å². The Morgan fingerprint density at radius 2 is 1.82 bits per heavy atom. The summed E-state index contributed by atoms with van der Waals surface area (Å²) in [7, 11) is 0. The van der Waals surface area contributed by atoms with Gasteiger partial charge in [0.2, 0.25) is 11.9 Å². The van der Waals surface area contributed by atoms with Crippen LogP contribution in [0.4, 0.5) is 5.69 Å². The van der Waals surface area contributed by atoms with Gasteiger partial charge in [0, 0.05) is 44.5 Å². The SMILES string of the molecule is CCCC[N+]1=C=[N+](c2[c-]cc3c(c2)oc2ncccc23)C=C1.Cc1c[c-]c(-c2cc(C)c(C)cn2)cc1.[Ir]. The van der Waals surface area contributed by atoms with Crippen LogP contribution in [0.1, 0.15) is 36.5 Å². The van der Waals surface area contributed by atoms with Crippen molar-refractivity contribution in [3.8, 4) is 11.3 Å². The number of aromatic nitrogens is 2. The molecule has 0 saturated carbocycles. The zero-order valence-corrected chi connectivity index (χ0v) is 24.5. The maximum absolute atomic E-state index is 5.82. The van der Waals surface area contributed by atoms with Crippen molar-refractivity contribution in [3.05, 3.63) is 102 Å². The molecule has 4 heterocycles. The maximum atomic E-state index is 5.82. The Morgan fingerprint density at radius 1 is 0.947 bits per heavy atom. The number of unbranched alkanes of at least 4 members (excludes halogenated alkanes) is 1. The summed E-state index contributed by atoms with van der Waals surface area (Å²) in [5, 5.41) is 2.06.